The van der Waals surface area contributed by atoms with Gasteiger partial charge in [-0.2, -0.15) is 0 Å². The first kappa shape index (κ1) is 9.10. The minimum Gasteiger partial charge on any atom is -0.292 e. The molecule has 0 saturated carbocycles. The van der Waals surface area contributed by atoms with Crippen molar-refractivity contribution in [2.24, 2.45) is 0 Å². The summed E-state index contributed by atoms with van der Waals surface area (Å²) in [5.41, 5.74) is 0. The fraction of sp³-hybridized carbons (Fsp3) is 0.600. The number of imide groups is 1. The third-order valence-electron chi connectivity index (χ3n) is 1.53. The molecule has 1 aliphatic heterocycles. The van der Waals surface area contributed by atoms with E-state index < -0.39 is 21.0 Å². The zero-order valence-electron chi connectivity index (χ0n) is 5.45. The Morgan fingerprint density at radius 2 is 1.64 bits per heavy atom. The zero-order chi connectivity index (χ0) is 8.86. The van der Waals surface area contributed by atoms with Crippen LogP contribution in [0.2, 0.25) is 0 Å². The van der Waals surface area contributed by atoms with E-state index in [9.17, 15) is 9.59 Å². The van der Waals surface area contributed by atoms with Gasteiger partial charge in [-0.15, -0.1) is 11.6 Å². The lowest BCUT2D eigenvalue weighted by atomic mass is 10.1. The lowest BCUT2D eigenvalue weighted by Crippen LogP contribution is -2.41. The van der Waals surface area contributed by atoms with Gasteiger partial charge in [0, 0.05) is 0 Å². The van der Waals surface area contributed by atoms with Gasteiger partial charge in [-0.05, 0) is 6.92 Å². The van der Waals surface area contributed by atoms with E-state index in [2.05, 4.69) is 0 Å². The van der Waals surface area contributed by atoms with Gasteiger partial charge in [-0.3, -0.25) is 14.9 Å². The molecule has 3 nitrogen and oxygen atoms in total. The van der Waals surface area contributed by atoms with Gasteiger partial charge < -0.3 is 0 Å². The zero-order valence-corrected chi connectivity index (χ0v) is 7.72. The third-order valence-corrected chi connectivity index (χ3v) is 3.28. The van der Waals surface area contributed by atoms with Crippen LogP contribution in [-0.4, -0.2) is 21.0 Å². The molecular weight excluding hydrogens is 212 g/mol. The number of rotatable bonds is 0. The Kier molecular flexibility index (Phi) is 1.86. The van der Waals surface area contributed by atoms with Crippen molar-refractivity contribution in [3.63, 3.8) is 0 Å². The number of carbonyl (C=O) groups excluding carboxylic acids is 2. The van der Waals surface area contributed by atoms with Crippen LogP contribution in [0.5, 0.6) is 0 Å². The summed E-state index contributed by atoms with van der Waals surface area (Å²) in [4.78, 5) is 20.2. The molecule has 62 valence electrons. The number of hydrogen-bond acceptors (Lipinski definition) is 2. The Labute approximate surface area is 78.0 Å². The van der Waals surface area contributed by atoms with E-state index >= 15 is 0 Å². The maximum Gasteiger partial charge on any atom is 0.265 e. The Bertz CT molecular complexity index is 212. The molecule has 0 aromatic carbocycles. The van der Waals surface area contributed by atoms with E-state index in [0.717, 1.165) is 0 Å². The summed E-state index contributed by atoms with van der Waals surface area (Å²) in [6.45, 7) is 1.29. The molecule has 1 saturated heterocycles. The molecule has 1 atom stereocenters. The van der Waals surface area contributed by atoms with E-state index in [1.807, 2.05) is 5.32 Å². The number of hydrogen-bond donors (Lipinski definition) is 1. The fourth-order valence-corrected chi connectivity index (χ4v) is 1.05. The standard InChI is InChI=1S/C5H4Cl3NO2/c1-4(6)2(10)9-3(11)5(4,7)8/h1H3,(H,9,10,11). The van der Waals surface area contributed by atoms with Gasteiger partial charge in [0.25, 0.3) is 11.8 Å². The molecule has 6 heteroatoms. The molecule has 1 unspecified atom stereocenters. The second-order valence-corrected chi connectivity index (χ2v) is 4.44. The van der Waals surface area contributed by atoms with E-state index in [4.69, 9.17) is 34.8 Å². The molecule has 1 fully saturated rings. The minimum atomic E-state index is -1.87. The molecule has 0 aromatic heterocycles. The SMILES string of the molecule is CC1(Cl)C(=O)NC(=O)C1(Cl)Cl. The average Bonchev–Trinajstić information content (AvgIpc) is 1.95. The fourth-order valence-electron chi connectivity index (χ4n) is 0.655. The second kappa shape index (κ2) is 2.25. The molecule has 0 aromatic rings. The highest BCUT2D eigenvalue weighted by molar-refractivity contribution is 6.67. The number of carbonyl (C=O) groups is 2. The number of alkyl halides is 3. The first-order chi connectivity index (χ1) is 4.80. The van der Waals surface area contributed by atoms with Crippen LogP contribution in [0.15, 0.2) is 0 Å². The van der Waals surface area contributed by atoms with Gasteiger partial charge in [0.05, 0.1) is 0 Å². The molecule has 0 radical (unpaired) electrons. The summed E-state index contributed by atoms with van der Waals surface area (Å²) < 4.78 is -1.87. The van der Waals surface area contributed by atoms with Crippen molar-refractivity contribution in [2.45, 2.75) is 16.1 Å². The molecule has 0 bridgehead atoms. The van der Waals surface area contributed by atoms with Crippen LogP contribution in [-0.2, 0) is 9.59 Å². The Morgan fingerprint density at radius 3 is 1.73 bits per heavy atom. The summed E-state index contributed by atoms with van der Waals surface area (Å²) in [5, 5.41) is 1.92. The van der Waals surface area contributed by atoms with Crippen LogP contribution in [0, 0.1) is 0 Å². The van der Waals surface area contributed by atoms with Gasteiger partial charge in [0.2, 0.25) is 4.33 Å². The number of nitrogens with one attached hydrogen (secondary N) is 1. The average molecular weight is 216 g/mol. The Morgan fingerprint density at radius 1 is 1.18 bits per heavy atom. The largest absolute Gasteiger partial charge is 0.292 e. The maximum atomic E-state index is 10.9. The van der Waals surface area contributed by atoms with E-state index in [1.165, 1.54) is 6.92 Å². The summed E-state index contributed by atoms with van der Waals surface area (Å²) in [6, 6.07) is 0. The molecule has 1 aliphatic rings. The van der Waals surface area contributed by atoms with E-state index in [1.54, 1.807) is 0 Å². The lowest BCUT2D eigenvalue weighted by Gasteiger charge is -2.20. The van der Waals surface area contributed by atoms with Gasteiger partial charge in [-0.25, -0.2) is 0 Å². The van der Waals surface area contributed by atoms with Crippen molar-refractivity contribution < 1.29 is 9.59 Å². The predicted octanol–water partition coefficient (Wildman–Crippen LogP) is 0.814. The summed E-state index contributed by atoms with van der Waals surface area (Å²) in [6.07, 6.45) is 0. The molecule has 11 heavy (non-hydrogen) atoms. The topological polar surface area (TPSA) is 46.2 Å². The van der Waals surface area contributed by atoms with Crippen LogP contribution < -0.4 is 5.32 Å². The molecule has 1 N–H and O–H groups in total. The highest BCUT2D eigenvalue weighted by Crippen LogP contribution is 2.43. The van der Waals surface area contributed by atoms with Crippen LogP contribution >= 0.6 is 34.8 Å². The minimum absolute atomic E-state index is 0.672. The molecule has 0 spiro atoms. The molecule has 2 amide bonds. The quantitative estimate of drug-likeness (QED) is 0.481. The first-order valence-corrected chi connectivity index (χ1v) is 3.86. The molecular formula is C5H4Cl3NO2. The third kappa shape index (κ3) is 1.03. The van der Waals surface area contributed by atoms with E-state index in [0.29, 0.717) is 0 Å². The maximum absolute atomic E-state index is 10.9. The highest BCUT2D eigenvalue weighted by Gasteiger charge is 2.61. The van der Waals surface area contributed by atoms with Gasteiger partial charge in [-0.1, -0.05) is 23.2 Å². The number of halogens is 3. The molecule has 1 rings (SSSR count). The predicted molar refractivity (Wildman–Crippen MR) is 41.8 cm³/mol. The summed E-state index contributed by atoms with van der Waals surface area (Å²) in [7, 11) is 0. The lowest BCUT2D eigenvalue weighted by molar-refractivity contribution is -0.125. The Hall–Kier alpha value is 0.01000. The highest BCUT2D eigenvalue weighted by atomic mass is 35.5. The monoisotopic (exact) mass is 215 g/mol. The van der Waals surface area contributed by atoms with E-state index in [-0.39, 0.29) is 0 Å². The van der Waals surface area contributed by atoms with Crippen molar-refractivity contribution in [3.05, 3.63) is 0 Å². The van der Waals surface area contributed by atoms with Gasteiger partial charge in [0.1, 0.15) is 0 Å². The Balaban J connectivity index is 3.15. The van der Waals surface area contributed by atoms with Gasteiger partial charge in [0.15, 0.2) is 4.87 Å². The molecule has 1 heterocycles. The van der Waals surface area contributed by atoms with Crippen LogP contribution in [0.4, 0.5) is 0 Å². The van der Waals surface area contributed by atoms with Crippen molar-refractivity contribution in [3.8, 4) is 0 Å². The smallest absolute Gasteiger partial charge is 0.265 e. The van der Waals surface area contributed by atoms with Crippen LogP contribution in [0.1, 0.15) is 6.92 Å². The summed E-state index contributed by atoms with van der Waals surface area (Å²) in [5.74, 6) is -1.45. The molecule has 0 aliphatic carbocycles. The summed E-state index contributed by atoms with van der Waals surface area (Å²) >= 11 is 16.6. The van der Waals surface area contributed by atoms with Crippen molar-refractivity contribution >= 4 is 46.6 Å². The van der Waals surface area contributed by atoms with Crippen molar-refractivity contribution in [1.82, 2.24) is 5.32 Å². The van der Waals surface area contributed by atoms with Crippen molar-refractivity contribution in [2.75, 3.05) is 0 Å². The van der Waals surface area contributed by atoms with Crippen LogP contribution in [0.25, 0.3) is 0 Å². The second-order valence-electron chi connectivity index (χ2n) is 2.36. The van der Waals surface area contributed by atoms with Crippen molar-refractivity contribution in [1.29, 1.82) is 0 Å². The van der Waals surface area contributed by atoms with Gasteiger partial charge >= 0.3 is 0 Å². The first-order valence-electron chi connectivity index (χ1n) is 2.73. The normalized spacial score (nSPS) is 35.6. The van der Waals surface area contributed by atoms with Crippen LogP contribution in [0.3, 0.4) is 0 Å². The number of amides is 2.